The first-order chi connectivity index (χ1) is 38.1. The van der Waals surface area contributed by atoms with E-state index >= 15 is 0 Å². The molecular formula is C69H136NO8+. The van der Waals surface area contributed by atoms with E-state index in [2.05, 4.69) is 13.8 Å². The first-order valence-electron chi connectivity index (χ1n) is 34.7. The third-order valence-corrected chi connectivity index (χ3v) is 16.1. The molecule has 0 aromatic rings. The van der Waals surface area contributed by atoms with Crippen LogP contribution in [-0.2, 0) is 33.3 Å². The van der Waals surface area contributed by atoms with Crippen LogP contribution < -0.4 is 0 Å². The number of carbonyl (C=O) groups is 3. The zero-order valence-electron chi connectivity index (χ0n) is 53.1. The van der Waals surface area contributed by atoms with Crippen molar-refractivity contribution in [1.29, 1.82) is 0 Å². The Balaban J connectivity index is 3.82. The van der Waals surface area contributed by atoms with Gasteiger partial charge in [0, 0.05) is 12.8 Å². The molecule has 78 heavy (non-hydrogen) atoms. The van der Waals surface area contributed by atoms with Crippen molar-refractivity contribution >= 4 is 17.9 Å². The SMILES string of the molecule is CCCCCCCCCCCCCCCCCCCCCCCCCCCCCCCCCCCCCCCCCCCC(=O)OC(COC(=O)CCCCCCCCCCCCCC)COC(OCC[N+](C)(C)C)C(=O)O. The molecule has 464 valence electrons. The van der Waals surface area contributed by atoms with Gasteiger partial charge in [-0.1, -0.05) is 341 Å². The molecule has 0 rings (SSSR count). The molecule has 0 aliphatic heterocycles. The van der Waals surface area contributed by atoms with E-state index in [0.29, 0.717) is 17.4 Å². The first-order valence-corrected chi connectivity index (χ1v) is 34.7. The highest BCUT2D eigenvalue weighted by Crippen LogP contribution is 2.19. The lowest BCUT2D eigenvalue weighted by Gasteiger charge is -2.25. The molecule has 0 aliphatic rings. The topological polar surface area (TPSA) is 108 Å². The third-order valence-electron chi connectivity index (χ3n) is 16.1. The molecule has 0 radical (unpaired) electrons. The summed E-state index contributed by atoms with van der Waals surface area (Å²) in [5.74, 6) is -1.97. The van der Waals surface area contributed by atoms with Gasteiger partial charge in [0.05, 0.1) is 34.4 Å². The molecule has 0 saturated heterocycles. The van der Waals surface area contributed by atoms with E-state index in [1.54, 1.807) is 0 Å². The number of aliphatic carboxylic acids is 1. The van der Waals surface area contributed by atoms with E-state index in [0.717, 1.165) is 38.5 Å². The minimum Gasteiger partial charge on any atom is -0.477 e. The van der Waals surface area contributed by atoms with Crippen LogP contribution in [0.5, 0.6) is 0 Å². The number of likely N-dealkylation sites (N-methyl/N-ethyl adjacent to an activating group) is 1. The van der Waals surface area contributed by atoms with Crippen molar-refractivity contribution in [3.05, 3.63) is 0 Å². The molecule has 0 aromatic carbocycles. The van der Waals surface area contributed by atoms with E-state index in [1.165, 1.54) is 302 Å². The van der Waals surface area contributed by atoms with Crippen LogP contribution in [0.3, 0.4) is 0 Å². The zero-order chi connectivity index (χ0) is 56.9. The third kappa shape index (κ3) is 61.9. The molecule has 0 bridgehead atoms. The number of carboxylic acids is 1. The molecule has 0 spiro atoms. The second-order valence-corrected chi connectivity index (χ2v) is 25.2. The summed E-state index contributed by atoms with van der Waals surface area (Å²) in [7, 11) is 5.98. The van der Waals surface area contributed by atoms with Gasteiger partial charge in [0.1, 0.15) is 13.2 Å². The Morgan fingerprint density at radius 2 is 0.577 bits per heavy atom. The highest BCUT2D eigenvalue weighted by atomic mass is 16.7. The predicted molar refractivity (Wildman–Crippen MR) is 332 cm³/mol. The number of unbranched alkanes of at least 4 members (excludes halogenated alkanes) is 51. The minimum absolute atomic E-state index is 0.173. The van der Waals surface area contributed by atoms with Crippen LogP contribution in [-0.4, -0.2) is 87.4 Å². The fourth-order valence-corrected chi connectivity index (χ4v) is 10.8. The van der Waals surface area contributed by atoms with Gasteiger partial charge in [-0.2, -0.15) is 0 Å². The molecule has 0 aromatic heterocycles. The highest BCUT2D eigenvalue weighted by Gasteiger charge is 2.25. The van der Waals surface area contributed by atoms with Crippen LogP contribution in [0, 0.1) is 0 Å². The number of hydrogen-bond acceptors (Lipinski definition) is 7. The summed E-state index contributed by atoms with van der Waals surface area (Å²) >= 11 is 0. The van der Waals surface area contributed by atoms with Crippen molar-refractivity contribution in [3.8, 4) is 0 Å². The molecule has 2 atom stereocenters. The summed E-state index contributed by atoms with van der Waals surface area (Å²) in [5, 5.41) is 9.70. The number of quaternary nitrogens is 1. The van der Waals surface area contributed by atoms with Crippen LogP contribution in [0.2, 0.25) is 0 Å². The van der Waals surface area contributed by atoms with E-state index < -0.39 is 18.4 Å². The predicted octanol–water partition coefficient (Wildman–Crippen LogP) is 21.1. The molecule has 0 saturated carbocycles. The lowest BCUT2D eigenvalue weighted by atomic mass is 10.0. The van der Waals surface area contributed by atoms with E-state index in [1.807, 2.05) is 21.1 Å². The van der Waals surface area contributed by atoms with Gasteiger partial charge in [-0.25, -0.2) is 4.79 Å². The summed E-state index contributed by atoms with van der Waals surface area (Å²) in [5.41, 5.74) is 0. The number of hydrogen-bond donors (Lipinski definition) is 1. The average molecular weight is 1110 g/mol. The number of carboxylic acid groups (broad SMARTS) is 1. The summed E-state index contributed by atoms with van der Waals surface area (Å²) in [6.07, 6.45) is 69.7. The number of esters is 2. The standard InChI is InChI=1S/C69H135NO8/c1-6-8-10-12-14-16-18-20-21-22-23-24-25-26-27-28-29-30-31-32-33-34-35-36-37-38-39-40-41-42-43-44-45-46-47-48-50-52-54-56-58-60-67(72)78-65(64-77-69(68(73)74)75-62-61-70(3,4)5)63-76-66(71)59-57-55-53-51-49-19-17-15-13-11-9-7-2/h65,69H,6-64H2,1-5H3/p+1. The van der Waals surface area contributed by atoms with Crippen LogP contribution in [0.4, 0.5) is 0 Å². The van der Waals surface area contributed by atoms with Crippen molar-refractivity contribution < 1.29 is 42.9 Å². The second kappa shape index (κ2) is 61.4. The monoisotopic (exact) mass is 1110 g/mol. The number of rotatable bonds is 66. The van der Waals surface area contributed by atoms with Gasteiger partial charge in [-0.05, 0) is 12.8 Å². The summed E-state index contributed by atoms with van der Waals surface area (Å²) in [6.45, 7) is 4.94. The molecule has 9 heteroatoms. The summed E-state index contributed by atoms with van der Waals surface area (Å²) in [6, 6.07) is 0. The number of nitrogens with zero attached hydrogens (tertiary/aromatic N) is 1. The molecule has 9 nitrogen and oxygen atoms in total. The Bertz CT molecular complexity index is 1240. The maximum atomic E-state index is 12.9. The molecule has 1 N–H and O–H groups in total. The van der Waals surface area contributed by atoms with Gasteiger partial charge in [-0.15, -0.1) is 0 Å². The second-order valence-electron chi connectivity index (χ2n) is 25.2. The van der Waals surface area contributed by atoms with E-state index in [4.69, 9.17) is 18.9 Å². The minimum atomic E-state index is -1.50. The van der Waals surface area contributed by atoms with Crippen molar-refractivity contribution in [2.24, 2.45) is 0 Å². The van der Waals surface area contributed by atoms with Crippen LogP contribution in [0.25, 0.3) is 0 Å². The molecule has 0 heterocycles. The van der Waals surface area contributed by atoms with Crippen molar-refractivity contribution in [3.63, 3.8) is 0 Å². The first kappa shape index (κ1) is 76.3. The summed E-state index contributed by atoms with van der Waals surface area (Å²) in [4.78, 5) is 37.4. The van der Waals surface area contributed by atoms with Crippen LogP contribution in [0.15, 0.2) is 0 Å². The average Bonchev–Trinajstić information content (AvgIpc) is 3.41. The van der Waals surface area contributed by atoms with Gasteiger partial charge in [0.25, 0.3) is 6.29 Å². The smallest absolute Gasteiger partial charge is 0.361 e. The van der Waals surface area contributed by atoms with Crippen LogP contribution in [0.1, 0.15) is 367 Å². The van der Waals surface area contributed by atoms with Gasteiger partial charge in [-0.3, -0.25) is 9.59 Å². The Morgan fingerprint density at radius 1 is 0.333 bits per heavy atom. The Morgan fingerprint density at radius 3 is 0.821 bits per heavy atom. The Labute approximate surface area is 485 Å². The molecular weight excluding hydrogens is 971 g/mol. The normalized spacial score (nSPS) is 12.6. The highest BCUT2D eigenvalue weighted by molar-refractivity contribution is 5.71. The quantitative estimate of drug-likeness (QED) is 0.0278. The zero-order valence-corrected chi connectivity index (χ0v) is 53.1. The Hall–Kier alpha value is -1.71. The lowest BCUT2D eigenvalue weighted by Crippen LogP contribution is -2.40. The van der Waals surface area contributed by atoms with Crippen molar-refractivity contribution in [1.82, 2.24) is 0 Å². The van der Waals surface area contributed by atoms with Crippen molar-refractivity contribution in [2.75, 3.05) is 47.5 Å². The van der Waals surface area contributed by atoms with Gasteiger partial charge in [0.15, 0.2) is 6.10 Å². The Kier molecular flexibility index (Phi) is 60.0. The fourth-order valence-electron chi connectivity index (χ4n) is 10.8. The van der Waals surface area contributed by atoms with Gasteiger partial charge < -0.3 is 28.5 Å². The summed E-state index contributed by atoms with van der Waals surface area (Å²) < 4.78 is 22.9. The lowest BCUT2D eigenvalue weighted by molar-refractivity contribution is -0.870. The maximum Gasteiger partial charge on any atom is 0.361 e. The molecule has 2 unspecified atom stereocenters. The van der Waals surface area contributed by atoms with Gasteiger partial charge >= 0.3 is 17.9 Å². The van der Waals surface area contributed by atoms with E-state index in [-0.39, 0.29) is 38.2 Å². The number of ether oxygens (including phenoxy) is 4. The molecule has 0 amide bonds. The van der Waals surface area contributed by atoms with Gasteiger partial charge in [0.2, 0.25) is 0 Å². The molecule has 0 aliphatic carbocycles. The van der Waals surface area contributed by atoms with E-state index in [9.17, 15) is 19.5 Å². The maximum absolute atomic E-state index is 12.9. The van der Waals surface area contributed by atoms with Crippen LogP contribution >= 0.6 is 0 Å². The fraction of sp³-hybridized carbons (Fsp3) is 0.957. The molecule has 0 fully saturated rings. The number of carbonyl (C=O) groups excluding carboxylic acids is 2. The largest absolute Gasteiger partial charge is 0.477 e. The van der Waals surface area contributed by atoms with Crippen molar-refractivity contribution in [2.45, 2.75) is 379 Å².